The van der Waals surface area contributed by atoms with Gasteiger partial charge in [-0.25, -0.2) is 4.79 Å². The Morgan fingerprint density at radius 1 is 1.29 bits per heavy atom. The fourth-order valence-electron chi connectivity index (χ4n) is 1.53. The first-order valence-corrected chi connectivity index (χ1v) is 5.40. The molecule has 3 amide bonds. The van der Waals surface area contributed by atoms with Crippen molar-refractivity contribution in [3.8, 4) is 0 Å². The molecule has 0 spiro atoms. The molecule has 0 aromatic carbocycles. The minimum Gasteiger partial charge on any atom is -0.480 e. The Labute approximate surface area is 99.7 Å². The van der Waals surface area contributed by atoms with Crippen molar-refractivity contribution in [2.75, 3.05) is 0 Å². The molecule has 0 aliphatic carbocycles. The Balaban J connectivity index is 4.72. The number of carbonyl (C=O) groups excluding carboxylic acids is 2. The van der Waals surface area contributed by atoms with Gasteiger partial charge in [-0.1, -0.05) is 13.8 Å². The van der Waals surface area contributed by atoms with Crippen molar-refractivity contribution in [1.82, 2.24) is 10.6 Å². The first-order chi connectivity index (χ1) is 7.79. The Bertz CT molecular complexity index is 313. The van der Waals surface area contributed by atoms with E-state index in [1.807, 2.05) is 5.32 Å². The standard InChI is InChI=1S/C10H19N3O4/c1-4-10(5-2,8(15)16)13-6(3)7(14)12-9(11)17/h6,13H,4-5H2,1-3H3,(H,15,16)(H3,11,12,14,17). The van der Waals surface area contributed by atoms with Crippen LogP contribution in [0.5, 0.6) is 0 Å². The van der Waals surface area contributed by atoms with Crippen LogP contribution in [-0.2, 0) is 9.59 Å². The summed E-state index contributed by atoms with van der Waals surface area (Å²) in [5.74, 6) is -1.67. The summed E-state index contributed by atoms with van der Waals surface area (Å²) in [4.78, 5) is 33.1. The molecular weight excluding hydrogens is 226 g/mol. The summed E-state index contributed by atoms with van der Waals surface area (Å²) in [6, 6.07) is -1.78. The molecule has 1 atom stereocenters. The zero-order valence-corrected chi connectivity index (χ0v) is 10.2. The number of hydrogen-bond donors (Lipinski definition) is 4. The molecule has 7 heteroatoms. The van der Waals surface area contributed by atoms with Crippen LogP contribution in [0, 0.1) is 0 Å². The monoisotopic (exact) mass is 245 g/mol. The number of hydrogen-bond acceptors (Lipinski definition) is 4. The molecule has 0 heterocycles. The van der Waals surface area contributed by atoms with Gasteiger partial charge in [0, 0.05) is 0 Å². The lowest BCUT2D eigenvalue weighted by atomic mass is 9.92. The second kappa shape index (κ2) is 6.19. The number of imide groups is 1. The van der Waals surface area contributed by atoms with Gasteiger partial charge in [-0.3, -0.25) is 20.2 Å². The lowest BCUT2D eigenvalue weighted by Crippen LogP contribution is -2.59. The Kier molecular flexibility index (Phi) is 5.60. The minimum absolute atomic E-state index is 0.326. The van der Waals surface area contributed by atoms with E-state index in [0.717, 1.165) is 0 Å². The summed E-state index contributed by atoms with van der Waals surface area (Å²) in [5.41, 5.74) is 3.63. The molecule has 0 aliphatic heterocycles. The highest BCUT2D eigenvalue weighted by Crippen LogP contribution is 2.16. The fraction of sp³-hybridized carbons (Fsp3) is 0.700. The van der Waals surface area contributed by atoms with Gasteiger partial charge in [-0.2, -0.15) is 0 Å². The predicted molar refractivity (Wildman–Crippen MR) is 61.3 cm³/mol. The number of amides is 3. The maximum atomic E-state index is 11.4. The summed E-state index contributed by atoms with van der Waals surface area (Å²) in [6.45, 7) is 4.90. The van der Waals surface area contributed by atoms with E-state index in [4.69, 9.17) is 10.8 Å². The highest BCUT2D eigenvalue weighted by Gasteiger charge is 2.37. The maximum Gasteiger partial charge on any atom is 0.323 e. The summed E-state index contributed by atoms with van der Waals surface area (Å²) in [6.07, 6.45) is 0.653. The predicted octanol–water partition coefficient (Wildman–Crippen LogP) is -0.197. The molecule has 0 fully saturated rings. The van der Waals surface area contributed by atoms with Gasteiger partial charge in [-0.15, -0.1) is 0 Å². The molecule has 0 aliphatic rings. The minimum atomic E-state index is -1.17. The van der Waals surface area contributed by atoms with Crippen LogP contribution >= 0.6 is 0 Å². The second-order valence-electron chi connectivity index (χ2n) is 3.81. The Hall–Kier alpha value is -1.63. The number of carboxylic acid groups (broad SMARTS) is 1. The third-order valence-electron chi connectivity index (χ3n) is 2.75. The molecule has 7 nitrogen and oxygen atoms in total. The van der Waals surface area contributed by atoms with E-state index in [0.29, 0.717) is 12.8 Å². The molecule has 98 valence electrons. The normalized spacial score (nSPS) is 12.9. The first-order valence-electron chi connectivity index (χ1n) is 5.40. The number of nitrogens with one attached hydrogen (secondary N) is 2. The number of rotatable bonds is 6. The van der Waals surface area contributed by atoms with Crippen molar-refractivity contribution < 1.29 is 19.5 Å². The van der Waals surface area contributed by atoms with Crippen molar-refractivity contribution in [2.24, 2.45) is 5.73 Å². The van der Waals surface area contributed by atoms with Crippen LogP contribution in [-0.4, -0.2) is 34.6 Å². The molecule has 0 aromatic heterocycles. The van der Waals surface area contributed by atoms with Gasteiger partial charge < -0.3 is 10.8 Å². The quantitative estimate of drug-likeness (QED) is 0.516. The van der Waals surface area contributed by atoms with Crippen LogP contribution in [0.15, 0.2) is 0 Å². The largest absolute Gasteiger partial charge is 0.480 e. The van der Waals surface area contributed by atoms with Gasteiger partial charge in [0.05, 0.1) is 6.04 Å². The van der Waals surface area contributed by atoms with Crippen LogP contribution in [0.25, 0.3) is 0 Å². The summed E-state index contributed by atoms with van der Waals surface area (Å²) >= 11 is 0. The second-order valence-corrected chi connectivity index (χ2v) is 3.81. The lowest BCUT2D eigenvalue weighted by Gasteiger charge is -2.30. The number of nitrogens with two attached hydrogens (primary N) is 1. The van der Waals surface area contributed by atoms with Crippen LogP contribution in [0.2, 0.25) is 0 Å². The molecule has 5 N–H and O–H groups in total. The molecule has 0 bridgehead atoms. The van der Waals surface area contributed by atoms with E-state index in [9.17, 15) is 14.4 Å². The van der Waals surface area contributed by atoms with Gasteiger partial charge in [-0.05, 0) is 19.8 Å². The summed E-state index contributed by atoms with van der Waals surface area (Å²) in [7, 11) is 0. The SMILES string of the molecule is CCC(CC)(NC(C)C(=O)NC(N)=O)C(=O)O. The van der Waals surface area contributed by atoms with Gasteiger partial charge >= 0.3 is 12.0 Å². The molecule has 0 aromatic rings. The van der Waals surface area contributed by atoms with Crippen molar-refractivity contribution in [3.05, 3.63) is 0 Å². The highest BCUT2D eigenvalue weighted by molar-refractivity contribution is 5.96. The van der Waals surface area contributed by atoms with Crippen molar-refractivity contribution in [1.29, 1.82) is 0 Å². The van der Waals surface area contributed by atoms with E-state index in [1.165, 1.54) is 6.92 Å². The molecule has 0 saturated heterocycles. The van der Waals surface area contributed by atoms with E-state index in [2.05, 4.69) is 5.32 Å². The smallest absolute Gasteiger partial charge is 0.323 e. The topological polar surface area (TPSA) is 122 Å². The Morgan fingerprint density at radius 3 is 2.06 bits per heavy atom. The number of aliphatic carboxylic acids is 1. The van der Waals surface area contributed by atoms with Crippen LogP contribution < -0.4 is 16.4 Å². The summed E-state index contributed by atoms with van der Waals surface area (Å²) < 4.78 is 0. The van der Waals surface area contributed by atoms with E-state index < -0.39 is 29.5 Å². The van der Waals surface area contributed by atoms with Crippen molar-refractivity contribution in [2.45, 2.75) is 45.2 Å². The molecule has 0 rings (SSSR count). The third kappa shape index (κ3) is 4.03. The summed E-state index contributed by atoms with van der Waals surface area (Å²) in [5, 5.41) is 13.8. The zero-order chi connectivity index (χ0) is 13.6. The average Bonchev–Trinajstić information content (AvgIpc) is 2.24. The Morgan fingerprint density at radius 2 is 1.76 bits per heavy atom. The first kappa shape index (κ1) is 15.4. The van der Waals surface area contributed by atoms with Crippen molar-refractivity contribution >= 4 is 17.9 Å². The maximum absolute atomic E-state index is 11.4. The molecule has 0 saturated carbocycles. The van der Waals surface area contributed by atoms with Gasteiger partial charge in [0.15, 0.2) is 0 Å². The average molecular weight is 245 g/mol. The van der Waals surface area contributed by atoms with Crippen molar-refractivity contribution in [3.63, 3.8) is 0 Å². The zero-order valence-electron chi connectivity index (χ0n) is 10.2. The van der Waals surface area contributed by atoms with E-state index in [-0.39, 0.29) is 0 Å². The van der Waals surface area contributed by atoms with Gasteiger partial charge in [0.2, 0.25) is 5.91 Å². The van der Waals surface area contributed by atoms with E-state index >= 15 is 0 Å². The van der Waals surface area contributed by atoms with E-state index in [1.54, 1.807) is 13.8 Å². The molecular formula is C10H19N3O4. The number of carbonyl (C=O) groups is 3. The number of urea groups is 1. The molecule has 17 heavy (non-hydrogen) atoms. The fourth-order valence-corrected chi connectivity index (χ4v) is 1.53. The molecule has 1 unspecified atom stereocenters. The van der Waals surface area contributed by atoms with Crippen LogP contribution in [0.3, 0.4) is 0 Å². The third-order valence-corrected chi connectivity index (χ3v) is 2.75. The van der Waals surface area contributed by atoms with Gasteiger partial charge in [0.25, 0.3) is 0 Å². The van der Waals surface area contributed by atoms with Crippen LogP contribution in [0.1, 0.15) is 33.6 Å². The number of carboxylic acids is 1. The highest BCUT2D eigenvalue weighted by atomic mass is 16.4. The lowest BCUT2D eigenvalue weighted by molar-refractivity contribution is -0.146. The van der Waals surface area contributed by atoms with Crippen LogP contribution in [0.4, 0.5) is 4.79 Å². The molecule has 0 radical (unpaired) electrons. The van der Waals surface area contributed by atoms with Gasteiger partial charge in [0.1, 0.15) is 5.54 Å². The number of primary amides is 1.